The van der Waals surface area contributed by atoms with E-state index < -0.39 is 35.9 Å². The molecule has 2 bridgehead atoms. The Morgan fingerprint density at radius 2 is 1.87 bits per heavy atom. The van der Waals surface area contributed by atoms with Gasteiger partial charge < -0.3 is 24.1 Å². The van der Waals surface area contributed by atoms with Crippen LogP contribution in [-0.2, 0) is 38.3 Å². The number of fused-ring (bicyclic) bond motifs is 2. The smallest absolute Gasteiger partial charge is 0.306 e. The van der Waals surface area contributed by atoms with Gasteiger partial charge in [0.1, 0.15) is 6.61 Å². The van der Waals surface area contributed by atoms with E-state index in [9.17, 15) is 9.59 Å². The lowest BCUT2D eigenvalue weighted by Gasteiger charge is -2.60. The minimum absolute atomic E-state index is 0.0450. The van der Waals surface area contributed by atoms with Gasteiger partial charge >= 0.3 is 11.9 Å². The molecule has 8 atom stereocenters. The van der Waals surface area contributed by atoms with Crippen LogP contribution in [0.15, 0.2) is 0 Å². The first-order chi connectivity index (χ1) is 14.2. The van der Waals surface area contributed by atoms with Crippen LogP contribution in [0.2, 0.25) is 0 Å². The molecule has 0 unspecified atom stereocenters. The molecule has 0 amide bonds. The average molecular weight is 428 g/mol. The molecule has 9 nitrogen and oxygen atoms in total. The minimum atomic E-state index is -1.03. The van der Waals surface area contributed by atoms with E-state index in [-0.39, 0.29) is 37.9 Å². The van der Waals surface area contributed by atoms with Crippen molar-refractivity contribution in [2.24, 2.45) is 23.7 Å². The lowest BCUT2D eigenvalue weighted by Crippen LogP contribution is -2.70. The molecule has 5 fully saturated rings. The van der Waals surface area contributed by atoms with Crippen LogP contribution in [0.5, 0.6) is 0 Å². The predicted molar refractivity (Wildman–Crippen MR) is 101 cm³/mol. The van der Waals surface area contributed by atoms with Crippen molar-refractivity contribution in [3.05, 3.63) is 0 Å². The summed E-state index contributed by atoms with van der Waals surface area (Å²) < 4.78 is 23.5. The Kier molecular flexibility index (Phi) is 6.11. The molecule has 1 spiro atoms. The van der Waals surface area contributed by atoms with Crippen molar-refractivity contribution in [2.75, 3.05) is 13.2 Å². The van der Waals surface area contributed by atoms with Gasteiger partial charge in [-0.2, -0.15) is 0 Å². The van der Waals surface area contributed by atoms with E-state index >= 15 is 0 Å². The Balaban J connectivity index is 1.39. The highest BCUT2D eigenvalue weighted by Gasteiger charge is 2.69. The first kappa shape index (κ1) is 22.0. The molecule has 0 aromatic rings. The van der Waals surface area contributed by atoms with Crippen molar-refractivity contribution in [2.45, 2.75) is 83.3 Å². The van der Waals surface area contributed by atoms with E-state index in [0.29, 0.717) is 11.8 Å². The lowest BCUT2D eigenvalue weighted by atomic mass is 9.58. The van der Waals surface area contributed by atoms with Crippen molar-refractivity contribution in [3.8, 4) is 0 Å². The third-order valence-electron chi connectivity index (χ3n) is 7.27. The number of aliphatic carboxylic acids is 1. The zero-order valence-corrected chi connectivity index (χ0v) is 17.8. The summed E-state index contributed by atoms with van der Waals surface area (Å²) in [4.78, 5) is 34.0. The van der Waals surface area contributed by atoms with Crippen LogP contribution < -0.4 is 0 Å². The molecule has 0 aromatic carbocycles. The standard InChI is InChI=1S/C21H32O9/c1-12-4-5-15-13(2)18(26-11-10-25-17(24)7-6-16(22)23)27-19-21(15)14(12)8-9-20(3,28-19)29-30-21/h12-15,18-19H,4-11H2,1-3H3,(H,22,23)/t12-,13-,14+,15+,18+,19-,20-,21-/m1/s1. The molecule has 170 valence electrons. The molecule has 30 heavy (non-hydrogen) atoms. The molecule has 0 aromatic heterocycles. The maximum Gasteiger partial charge on any atom is 0.306 e. The number of carbonyl (C=O) groups excluding carboxylic acids is 1. The molecule has 4 heterocycles. The summed E-state index contributed by atoms with van der Waals surface area (Å²) in [6, 6.07) is 0. The highest BCUT2D eigenvalue weighted by atomic mass is 17.3. The lowest BCUT2D eigenvalue weighted by molar-refractivity contribution is -0.577. The summed E-state index contributed by atoms with van der Waals surface area (Å²) in [5.41, 5.74) is -0.629. The van der Waals surface area contributed by atoms with Crippen LogP contribution >= 0.6 is 0 Å². The SMILES string of the molecule is C[C@H]1[C@@H](OCCOC(=O)CCC(=O)O)O[C@@H]2O[C@@]3(C)CC[C@H]4[C@H](C)CC[C@@H]1[C@@]24OO3. The summed E-state index contributed by atoms with van der Waals surface area (Å²) in [6.45, 7) is 6.44. The van der Waals surface area contributed by atoms with Crippen molar-refractivity contribution < 1.29 is 43.4 Å². The van der Waals surface area contributed by atoms with E-state index in [4.69, 9.17) is 33.8 Å². The number of rotatable bonds is 7. The summed E-state index contributed by atoms with van der Waals surface area (Å²) in [7, 11) is 0. The molecule has 1 N–H and O–H groups in total. The third-order valence-corrected chi connectivity index (χ3v) is 7.27. The zero-order chi connectivity index (χ0) is 21.5. The largest absolute Gasteiger partial charge is 0.481 e. The maximum absolute atomic E-state index is 11.6. The van der Waals surface area contributed by atoms with Crippen molar-refractivity contribution >= 4 is 11.9 Å². The normalized spacial score (nSPS) is 44.8. The number of carboxylic acids is 1. The van der Waals surface area contributed by atoms with Crippen LogP contribution in [0.4, 0.5) is 0 Å². The van der Waals surface area contributed by atoms with Crippen LogP contribution in [0.25, 0.3) is 0 Å². The Hall–Kier alpha value is -1.26. The molecular weight excluding hydrogens is 396 g/mol. The van der Waals surface area contributed by atoms with Gasteiger partial charge in [0, 0.05) is 18.3 Å². The van der Waals surface area contributed by atoms with Crippen LogP contribution in [-0.4, -0.2) is 54.2 Å². The highest BCUT2D eigenvalue weighted by Crippen LogP contribution is 2.60. The highest BCUT2D eigenvalue weighted by molar-refractivity contribution is 5.76. The number of carboxylic acid groups (broad SMARTS) is 1. The fraction of sp³-hybridized carbons (Fsp3) is 0.905. The molecule has 0 radical (unpaired) electrons. The summed E-state index contributed by atoms with van der Waals surface area (Å²) in [6.07, 6.45) is 2.34. The first-order valence-corrected chi connectivity index (χ1v) is 10.9. The fourth-order valence-electron chi connectivity index (χ4n) is 5.66. The molecular formula is C21H32O9. The average Bonchev–Trinajstić information content (AvgIpc) is 2.93. The van der Waals surface area contributed by atoms with Gasteiger partial charge in [0.05, 0.1) is 19.4 Å². The van der Waals surface area contributed by atoms with Gasteiger partial charge in [0.2, 0.25) is 5.79 Å². The summed E-state index contributed by atoms with van der Waals surface area (Å²) in [5.74, 6) is -1.40. The van der Waals surface area contributed by atoms with Gasteiger partial charge in [0.15, 0.2) is 18.2 Å². The monoisotopic (exact) mass is 428 g/mol. The van der Waals surface area contributed by atoms with Crippen molar-refractivity contribution in [1.82, 2.24) is 0 Å². The Labute approximate surface area is 176 Å². The first-order valence-electron chi connectivity index (χ1n) is 10.9. The summed E-state index contributed by atoms with van der Waals surface area (Å²) >= 11 is 0. The number of hydrogen-bond acceptors (Lipinski definition) is 8. The van der Waals surface area contributed by atoms with E-state index in [1.807, 2.05) is 6.92 Å². The maximum atomic E-state index is 11.6. The van der Waals surface area contributed by atoms with Gasteiger partial charge in [0.25, 0.3) is 0 Å². The zero-order valence-electron chi connectivity index (χ0n) is 17.8. The van der Waals surface area contributed by atoms with Crippen LogP contribution in [0.3, 0.4) is 0 Å². The Morgan fingerprint density at radius 3 is 2.63 bits per heavy atom. The van der Waals surface area contributed by atoms with Crippen molar-refractivity contribution in [3.63, 3.8) is 0 Å². The fourth-order valence-corrected chi connectivity index (χ4v) is 5.66. The topological polar surface area (TPSA) is 110 Å². The second kappa shape index (κ2) is 8.35. The van der Waals surface area contributed by atoms with Gasteiger partial charge in [-0.15, -0.1) is 0 Å². The van der Waals surface area contributed by atoms with Crippen LogP contribution in [0, 0.1) is 23.7 Å². The third kappa shape index (κ3) is 3.86. The van der Waals surface area contributed by atoms with E-state index in [2.05, 4.69) is 13.8 Å². The Morgan fingerprint density at radius 1 is 1.07 bits per heavy atom. The van der Waals surface area contributed by atoms with E-state index in [1.54, 1.807) is 0 Å². The molecule has 4 aliphatic heterocycles. The second-order valence-electron chi connectivity index (χ2n) is 9.26. The molecule has 1 saturated carbocycles. The van der Waals surface area contributed by atoms with E-state index in [1.165, 1.54) is 0 Å². The van der Waals surface area contributed by atoms with Crippen molar-refractivity contribution in [1.29, 1.82) is 0 Å². The van der Waals surface area contributed by atoms with Gasteiger partial charge in [-0.3, -0.25) is 9.59 Å². The number of carbonyl (C=O) groups is 2. The minimum Gasteiger partial charge on any atom is -0.481 e. The van der Waals surface area contributed by atoms with E-state index in [0.717, 1.165) is 25.7 Å². The van der Waals surface area contributed by atoms with Gasteiger partial charge in [-0.1, -0.05) is 13.8 Å². The number of esters is 1. The molecule has 5 aliphatic rings. The molecule has 1 aliphatic carbocycles. The quantitative estimate of drug-likeness (QED) is 0.372. The van der Waals surface area contributed by atoms with Crippen LogP contribution in [0.1, 0.15) is 59.3 Å². The van der Waals surface area contributed by atoms with Gasteiger partial charge in [-0.25, -0.2) is 9.78 Å². The molecule has 4 saturated heterocycles. The Bertz CT molecular complexity index is 669. The second-order valence-corrected chi connectivity index (χ2v) is 9.26. The predicted octanol–water partition coefficient (Wildman–Crippen LogP) is 2.62. The number of hydrogen-bond donors (Lipinski definition) is 1. The summed E-state index contributed by atoms with van der Waals surface area (Å²) in [5, 5.41) is 8.62. The molecule has 5 rings (SSSR count). The number of ether oxygens (including phenoxy) is 4. The molecule has 9 heteroatoms. The van der Waals surface area contributed by atoms with Gasteiger partial charge in [-0.05, 0) is 38.0 Å².